The first-order valence-corrected chi connectivity index (χ1v) is 8.40. The molecule has 2 atom stereocenters. The molecule has 1 unspecified atom stereocenters. The Kier molecular flexibility index (Phi) is 6.98. The molecule has 6 heteroatoms. The normalized spacial score (nSPS) is 13.0. The fourth-order valence-corrected chi connectivity index (χ4v) is 2.72. The Balaban J connectivity index is 1.88. The SMILES string of the molecule is CC(CC(=O)Nc1cccc(Cl)c1)N[C@@H](Cc1ccccc1)C(=O)O. The number of benzene rings is 2. The molecule has 2 rings (SSSR count). The quantitative estimate of drug-likeness (QED) is 0.674. The molecule has 0 saturated carbocycles. The van der Waals surface area contributed by atoms with Gasteiger partial charge in [0.15, 0.2) is 0 Å². The van der Waals surface area contributed by atoms with E-state index in [0.29, 0.717) is 17.1 Å². The first-order chi connectivity index (χ1) is 11.9. The lowest BCUT2D eigenvalue weighted by molar-refractivity contribution is -0.139. The number of rotatable bonds is 8. The van der Waals surface area contributed by atoms with Crippen molar-refractivity contribution in [3.8, 4) is 0 Å². The maximum absolute atomic E-state index is 12.1. The highest BCUT2D eigenvalue weighted by Crippen LogP contribution is 2.15. The van der Waals surface area contributed by atoms with Gasteiger partial charge in [-0.3, -0.25) is 9.59 Å². The minimum absolute atomic E-state index is 0.158. The van der Waals surface area contributed by atoms with E-state index in [4.69, 9.17) is 11.6 Å². The molecule has 0 saturated heterocycles. The van der Waals surface area contributed by atoms with Crippen LogP contribution in [0.4, 0.5) is 5.69 Å². The highest BCUT2D eigenvalue weighted by molar-refractivity contribution is 6.30. The van der Waals surface area contributed by atoms with E-state index in [1.54, 1.807) is 31.2 Å². The van der Waals surface area contributed by atoms with Gasteiger partial charge in [-0.1, -0.05) is 48.0 Å². The number of carbonyl (C=O) groups excluding carboxylic acids is 1. The van der Waals surface area contributed by atoms with Crippen LogP contribution in [0.3, 0.4) is 0 Å². The van der Waals surface area contributed by atoms with E-state index in [-0.39, 0.29) is 18.4 Å². The van der Waals surface area contributed by atoms with Crippen LogP contribution in [-0.4, -0.2) is 29.1 Å². The molecule has 5 nitrogen and oxygen atoms in total. The average molecular weight is 361 g/mol. The number of hydrogen-bond acceptors (Lipinski definition) is 3. The van der Waals surface area contributed by atoms with E-state index in [0.717, 1.165) is 5.56 Å². The van der Waals surface area contributed by atoms with Crippen molar-refractivity contribution in [2.75, 3.05) is 5.32 Å². The number of amides is 1. The fraction of sp³-hybridized carbons (Fsp3) is 0.263. The smallest absolute Gasteiger partial charge is 0.321 e. The van der Waals surface area contributed by atoms with E-state index < -0.39 is 12.0 Å². The summed E-state index contributed by atoms with van der Waals surface area (Å²) >= 11 is 5.89. The molecule has 0 heterocycles. The standard InChI is InChI=1S/C19H21ClN2O3/c1-13(10-18(23)22-16-9-5-8-15(20)12-16)21-17(19(24)25)11-14-6-3-2-4-7-14/h2-9,12-13,17,21H,10-11H2,1H3,(H,22,23)(H,24,25)/t13?,17-/m0/s1. The molecule has 0 aliphatic rings. The van der Waals surface area contributed by atoms with Crippen LogP contribution in [0.15, 0.2) is 54.6 Å². The Morgan fingerprint density at radius 3 is 2.48 bits per heavy atom. The minimum Gasteiger partial charge on any atom is -0.480 e. The molecule has 0 bridgehead atoms. The molecule has 0 aliphatic carbocycles. The molecule has 2 aromatic carbocycles. The van der Waals surface area contributed by atoms with E-state index >= 15 is 0 Å². The molecule has 2 aromatic rings. The summed E-state index contributed by atoms with van der Waals surface area (Å²) in [4.78, 5) is 23.6. The van der Waals surface area contributed by atoms with Crippen molar-refractivity contribution < 1.29 is 14.7 Å². The summed E-state index contributed by atoms with van der Waals surface area (Å²) in [6.07, 6.45) is 0.515. The van der Waals surface area contributed by atoms with Gasteiger partial charge in [-0.05, 0) is 37.1 Å². The highest BCUT2D eigenvalue weighted by atomic mass is 35.5. The van der Waals surface area contributed by atoms with Crippen LogP contribution in [0.2, 0.25) is 5.02 Å². The van der Waals surface area contributed by atoms with Crippen LogP contribution in [0, 0.1) is 0 Å². The zero-order valence-electron chi connectivity index (χ0n) is 13.9. The molecule has 0 radical (unpaired) electrons. The van der Waals surface area contributed by atoms with Crippen molar-refractivity contribution in [1.82, 2.24) is 5.32 Å². The van der Waals surface area contributed by atoms with Gasteiger partial charge in [0.2, 0.25) is 5.91 Å². The third kappa shape index (κ3) is 6.57. The highest BCUT2D eigenvalue weighted by Gasteiger charge is 2.21. The van der Waals surface area contributed by atoms with Gasteiger partial charge in [-0.15, -0.1) is 0 Å². The number of hydrogen-bond donors (Lipinski definition) is 3. The van der Waals surface area contributed by atoms with Gasteiger partial charge >= 0.3 is 5.97 Å². The topological polar surface area (TPSA) is 78.4 Å². The van der Waals surface area contributed by atoms with Crippen molar-refractivity contribution in [1.29, 1.82) is 0 Å². The van der Waals surface area contributed by atoms with Gasteiger partial charge in [-0.25, -0.2) is 0 Å². The zero-order valence-corrected chi connectivity index (χ0v) is 14.7. The second-order valence-corrected chi connectivity index (χ2v) is 6.35. The molecule has 0 fully saturated rings. The summed E-state index contributed by atoms with van der Waals surface area (Å²) in [5, 5.41) is 15.7. The number of carboxylic acids is 1. The maximum Gasteiger partial charge on any atom is 0.321 e. The summed E-state index contributed by atoms with van der Waals surface area (Å²) in [5.74, 6) is -1.14. The lowest BCUT2D eigenvalue weighted by atomic mass is 10.0. The maximum atomic E-state index is 12.1. The molecule has 25 heavy (non-hydrogen) atoms. The van der Waals surface area contributed by atoms with E-state index in [1.807, 2.05) is 30.3 Å². The monoisotopic (exact) mass is 360 g/mol. The number of halogens is 1. The molecular weight excluding hydrogens is 340 g/mol. The number of aliphatic carboxylic acids is 1. The van der Waals surface area contributed by atoms with Gasteiger partial charge < -0.3 is 15.7 Å². The lowest BCUT2D eigenvalue weighted by Gasteiger charge is -2.20. The molecular formula is C19H21ClN2O3. The van der Waals surface area contributed by atoms with Crippen LogP contribution >= 0.6 is 11.6 Å². The van der Waals surface area contributed by atoms with Crippen molar-refractivity contribution in [3.63, 3.8) is 0 Å². The zero-order chi connectivity index (χ0) is 18.2. The third-order valence-electron chi connectivity index (χ3n) is 3.67. The van der Waals surface area contributed by atoms with Gasteiger partial charge in [0.05, 0.1) is 0 Å². The average Bonchev–Trinajstić information content (AvgIpc) is 2.54. The number of carboxylic acid groups (broad SMARTS) is 1. The molecule has 0 spiro atoms. The van der Waals surface area contributed by atoms with Gasteiger partial charge in [0.25, 0.3) is 0 Å². The largest absolute Gasteiger partial charge is 0.480 e. The van der Waals surface area contributed by atoms with E-state index in [1.165, 1.54) is 0 Å². The van der Waals surface area contributed by atoms with Crippen molar-refractivity contribution in [2.45, 2.75) is 31.8 Å². The van der Waals surface area contributed by atoms with Crippen LogP contribution in [0.5, 0.6) is 0 Å². The third-order valence-corrected chi connectivity index (χ3v) is 3.90. The predicted molar refractivity (Wildman–Crippen MR) is 98.9 cm³/mol. The number of nitrogens with one attached hydrogen (secondary N) is 2. The van der Waals surface area contributed by atoms with Gasteiger partial charge in [0.1, 0.15) is 6.04 Å². The summed E-state index contributed by atoms with van der Waals surface area (Å²) < 4.78 is 0. The predicted octanol–water partition coefficient (Wildman–Crippen LogP) is 3.34. The minimum atomic E-state index is -0.939. The van der Waals surface area contributed by atoms with Crippen LogP contribution in [-0.2, 0) is 16.0 Å². The molecule has 132 valence electrons. The molecule has 0 aromatic heterocycles. The lowest BCUT2D eigenvalue weighted by Crippen LogP contribution is -2.44. The van der Waals surface area contributed by atoms with E-state index in [9.17, 15) is 14.7 Å². The van der Waals surface area contributed by atoms with Crippen molar-refractivity contribution in [3.05, 3.63) is 65.2 Å². The fourth-order valence-electron chi connectivity index (χ4n) is 2.53. The first-order valence-electron chi connectivity index (χ1n) is 8.02. The van der Waals surface area contributed by atoms with Crippen LogP contribution in [0.25, 0.3) is 0 Å². The Morgan fingerprint density at radius 2 is 1.84 bits per heavy atom. The Bertz CT molecular complexity index is 722. The van der Waals surface area contributed by atoms with Gasteiger partial charge in [-0.2, -0.15) is 0 Å². The summed E-state index contributed by atoms with van der Waals surface area (Å²) in [5.41, 5.74) is 1.54. The van der Waals surface area contributed by atoms with Gasteiger partial charge in [0, 0.05) is 23.2 Å². The van der Waals surface area contributed by atoms with Crippen LogP contribution < -0.4 is 10.6 Å². The van der Waals surface area contributed by atoms with Crippen LogP contribution in [0.1, 0.15) is 18.9 Å². The summed E-state index contributed by atoms with van der Waals surface area (Å²) in [7, 11) is 0. The van der Waals surface area contributed by atoms with Crippen molar-refractivity contribution in [2.24, 2.45) is 0 Å². The number of anilines is 1. The second-order valence-electron chi connectivity index (χ2n) is 5.91. The summed E-state index contributed by atoms with van der Waals surface area (Å²) in [6.45, 7) is 1.79. The molecule has 3 N–H and O–H groups in total. The molecule has 0 aliphatic heterocycles. The van der Waals surface area contributed by atoms with Crippen molar-refractivity contribution >= 4 is 29.2 Å². The second kappa shape index (κ2) is 9.20. The Labute approximate surface area is 152 Å². The van der Waals surface area contributed by atoms with E-state index in [2.05, 4.69) is 10.6 Å². The summed E-state index contributed by atoms with van der Waals surface area (Å²) in [6, 6.07) is 15.2. The molecule has 1 amide bonds. The Morgan fingerprint density at radius 1 is 1.12 bits per heavy atom. The first kappa shape index (κ1) is 19.0. The number of carbonyl (C=O) groups is 2. The Hall–Kier alpha value is -2.37.